The standard InChI is InChI=1S/C15H14FNO/c1-11(18)13-9-6-10-14(16)15(13)17(2)12-7-4-3-5-8-12/h3-10H,1-2H3. The zero-order chi connectivity index (χ0) is 13.1. The molecule has 0 heterocycles. The second-order valence-corrected chi connectivity index (χ2v) is 4.09. The number of para-hydroxylation sites is 2. The van der Waals surface area contributed by atoms with Crippen LogP contribution in [-0.4, -0.2) is 12.8 Å². The van der Waals surface area contributed by atoms with Crippen LogP contribution in [0.5, 0.6) is 0 Å². The first kappa shape index (κ1) is 12.3. The molecule has 0 N–H and O–H groups in total. The van der Waals surface area contributed by atoms with Crippen LogP contribution >= 0.6 is 0 Å². The molecule has 0 bridgehead atoms. The van der Waals surface area contributed by atoms with E-state index >= 15 is 0 Å². The van der Waals surface area contributed by atoms with Gasteiger partial charge < -0.3 is 4.90 Å². The lowest BCUT2D eigenvalue weighted by molar-refractivity contribution is 0.101. The van der Waals surface area contributed by atoms with Gasteiger partial charge in [-0.15, -0.1) is 0 Å². The van der Waals surface area contributed by atoms with E-state index in [1.165, 1.54) is 13.0 Å². The number of halogens is 1. The minimum Gasteiger partial charge on any atom is -0.342 e. The van der Waals surface area contributed by atoms with E-state index in [1.54, 1.807) is 24.1 Å². The quantitative estimate of drug-likeness (QED) is 0.764. The third-order valence-electron chi connectivity index (χ3n) is 2.84. The Balaban J connectivity index is 2.54. The highest BCUT2D eigenvalue weighted by Crippen LogP contribution is 2.29. The van der Waals surface area contributed by atoms with E-state index in [1.807, 2.05) is 30.3 Å². The molecule has 3 heteroatoms. The topological polar surface area (TPSA) is 20.3 Å². The third-order valence-corrected chi connectivity index (χ3v) is 2.84. The highest BCUT2D eigenvalue weighted by molar-refractivity contribution is 6.00. The molecular weight excluding hydrogens is 229 g/mol. The Hall–Kier alpha value is -2.16. The van der Waals surface area contributed by atoms with Gasteiger partial charge in [-0.3, -0.25) is 4.79 Å². The second kappa shape index (κ2) is 5.00. The van der Waals surface area contributed by atoms with Crippen LogP contribution in [0.2, 0.25) is 0 Å². The number of hydrogen-bond acceptors (Lipinski definition) is 2. The summed E-state index contributed by atoms with van der Waals surface area (Å²) in [5.74, 6) is -0.540. The lowest BCUT2D eigenvalue weighted by Crippen LogP contribution is -2.15. The summed E-state index contributed by atoms with van der Waals surface area (Å²) in [4.78, 5) is 13.2. The normalized spacial score (nSPS) is 10.2. The molecule has 2 rings (SSSR count). The molecule has 0 amide bonds. The summed E-state index contributed by atoms with van der Waals surface area (Å²) in [5.41, 5.74) is 1.54. The maximum atomic E-state index is 14.0. The second-order valence-electron chi connectivity index (χ2n) is 4.09. The molecule has 0 aliphatic heterocycles. The van der Waals surface area contributed by atoms with Crippen molar-refractivity contribution in [3.8, 4) is 0 Å². The Bertz CT molecular complexity index is 566. The predicted molar refractivity (Wildman–Crippen MR) is 70.9 cm³/mol. The van der Waals surface area contributed by atoms with Gasteiger partial charge in [0, 0.05) is 18.3 Å². The number of anilines is 2. The highest BCUT2D eigenvalue weighted by atomic mass is 19.1. The Labute approximate surface area is 106 Å². The summed E-state index contributed by atoms with van der Waals surface area (Å²) >= 11 is 0. The largest absolute Gasteiger partial charge is 0.342 e. The van der Waals surface area contributed by atoms with Gasteiger partial charge in [-0.2, -0.15) is 0 Å². The Kier molecular flexibility index (Phi) is 3.42. The van der Waals surface area contributed by atoms with Crippen LogP contribution in [0.1, 0.15) is 17.3 Å². The molecule has 0 radical (unpaired) electrons. The zero-order valence-electron chi connectivity index (χ0n) is 10.4. The van der Waals surface area contributed by atoms with Gasteiger partial charge in [0.2, 0.25) is 0 Å². The van der Waals surface area contributed by atoms with Crippen LogP contribution < -0.4 is 4.90 Å². The van der Waals surface area contributed by atoms with Crippen LogP contribution in [0.15, 0.2) is 48.5 Å². The molecule has 0 fully saturated rings. The van der Waals surface area contributed by atoms with Crippen LogP contribution in [0, 0.1) is 5.82 Å². The Morgan fingerprint density at radius 1 is 1.06 bits per heavy atom. The zero-order valence-corrected chi connectivity index (χ0v) is 10.4. The molecule has 0 spiro atoms. The molecular formula is C15H14FNO. The fourth-order valence-corrected chi connectivity index (χ4v) is 1.92. The van der Waals surface area contributed by atoms with Crippen LogP contribution in [0.3, 0.4) is 0 Å². The van der Waals surface area contributed by atoms with Crippen LogP contribution in [0.4, 0.5) is 15.8 Å². The van der Waals surface area contributed by atoms with Gasteiger partial charge in [-0.05, 0) is 31.2 Å². The molecule has 92 valence electrons. The van der Waals surface area contributed by atoms with E-state index in [4.69, 9.17) is 0 Å². The van der Waals surface area contributed by atoms with Crippen molar-refractivity contribution in [2.24, 2.45) is 0 Å². The van der Waals surface area contributed by atoms with Gasteiger partial charge in [0.1, 0.15) is 5.82 Å². The highest BCUT2D eigenvalue weighted by Gasteiger charge is 2.16. The van der Waals surface area contributed by atoms with Crippen molar-refractivity contribution in [3.05, 3.63) is 59.9 Å². The van der Waals surface area contributed by atoms with Crippen molar-refractivity contribution < 1.29 is 9.18 Å². The number of carbonyl (C=O) groups is 1. The maximum Gasteiger partial charge on any atom is 0.162 e. The molecule has 0 aliphatic carbocycles. The fourth-order valence-electron chi connectivity index (χ4n) is 1.92. The minimum atomic E-state index is -0.394. The third kappa shape index (κ3) is 2.25. The van der Waals surface area contributed by atoms with Gasteiger partial charge >= 0.3 is 0 Å². The number of ketones is 1. The van der Waals surface area contributed by atoms with E-state index in [2.05, 4.69) is 0 Å². The first-order valence-electron chi connectivity index (χ1n) is 5.69. The van der Waals surface area contributed by atoms with Crippen molar-refractivity contribution in [3.63, 3.8) is 0 Å². The number of hydrogen-bond donors (Lipinski definition) is 0. The Morgan fingerprint density at radius 2 is 1.72 bits per heavy atom. The molecule has 2 aromatic carbocycles. The van der Waals surface area contributed by atoms with Gasteiger partial charge in [-0.1, -0.05) is 24.3 Å². The maximum absolute atomic E-state index is 14.0. The van der Waals surface area contributed by atoms with Gasteiger partial charge in [0.15, 0.2) is 5.78 Å². The molecule has 2 aromatic rings. The van der Waals surface area contributed by atoms with Gasteiger partial charge in [0.05, 0.1) is 5.69 Å². The van der Waals surface area contributed by atoms with E-state index in [9.17, 15) is 9.18 Å². The molecule has 0 aromatic heterocycles. The average Bonchev–Trinajstić information content (AvgIpc) is 2.38. The fraction of sp³-hybridized carbons (Fsp3) is 0.133. The Morgan fingerprint density at radius 3 is 2.33 bits per heavy atom. The monoisotopic (exact) mass is 243 g/mol. The predicted octanol–water partition coefficient (Wildman–Crippen LogP) is 3.80. The van der Waals surface area contributed by atoms with E-state index in [0.29, 0.717) is 11.3 Å². The van der Waals surface area contributed by atoms with Gasteiger partial charge in [-0.25, -0.2) is 4.39 Å². The smallest absolute Gasteiger partial charge is 0.162 e. The van der Waals surface area contributed by atoms with Crippen molar-refractivity contribution in [1.29, 1.82) is 0 Å². The van der Waals surface area contributed by atoms with Crippen LogP contribution in [0.25, 0.3) is 0 Å². The van der Waals surface area contributed by atoms with Gasteiger partial charge in [0.25, 0.3) is 0 Å². The lowest BCUT2D eigenvalue weighted by Gasteiger charge is -2.22. The van der Waals surface area contributed by atoms with Crippen molar-refractivity contribution in [1.82, 2.24) is 0 Å². The average molecular weight is 243 g/mol. The number of benzene rings is 2. The summed E-state index contributed by atoms with van der Waals surface area (Å²) in [6.07, 6.45) is 0. The summed E-state index contributed by atoms with van der Waals surface area (Å²) in [6.45, 7) is 1.44. The van der Waals surface area contributed by atoms with E-state index in [0.717, 1.165) is 5.69 Å². The summed E-state index contributed by atoms with van der Waals surface area (Å²) in [7, 11) is 1.75. The summed E-state index contributed by atoms with van der Waals surface area (Å²) < 4.78 is 14.0. The molecule has 0 saturated carbocycles. The minimum absolute atomic E-state index is 0.146. The molecule has 0 unspecified atom stereocenters. The number of Topliss-reactive ketones (excluding diaryl/α,β-unsaturated/α-hetero) is 1. The van der Waals surface area contributed by atoms with Crippen molar-refractivity contribution in [2.45, 2.75) is 6.92 Å². The number of rotatable bonds is 3. The van der Waals surface area contributed by atoms with E-state index < -0.39 is 5.82 Å². The SMILES string of the molecule is CC(=O)c1cccc(F)c1N(C)c1ccccc1. The summed E-state index contributed by atoms with van der Waals surface area (Å²) in [6, 6.07) is 13.9. The molecule has 0 aliphatic rings. The first-order valence-corrected chi connectivity index (χ1v) is 5.69. The lowest BCUT2D eigenvalue weighted by atomic mass is 10.1. The number of nitrogens with zero attached hydrogens (tertiary/aromatic N) is 1. The van der Waals surface area contributed by atoms with E-state index in [-0.39, 0.29) is 5.78 Å². The summed E-state index contributed by atoms with van der Waals surface area (Å²) in [5, 5.41) is 0. The number of carbonyl (C=O) groups excluding carboxylic acids is 1. The van der Waals surface area contributed by atoms with Crippen molar-refractivity contribution in [2.75, 3.05) is 11.9 Å². The molecule has 18 heavy (non-hydrogen) atoms. The molecule has 2 nitrogen and oxygen atoms in total. The van der Waals surface area contributed by atoms with Crippen molar-refractivity contribution >= 4 is 17.2 Å². The first-order chi connectivity index (χ1) is 8.61. The molecule has 0 atom stereocenters. The molecule has 0 saturated heterocycles. The van der Waals surface area contributed by atoms with Crippen LogP contribution in [-0.2, 0) is 0 Å².